The average molecular weight is 1280 g/mol. The number of carbonyl (C=O) groups excluding carboxylic acids is 2. The normalized spacial score (nSPS) is 9.57. The van der Waals surface area contributed by atoms with Crippen molar-refractivity contribution in [2.45, 2.75) is 32.5 Å². The summed E-state index contributed by atoms with van der Waals surface area (Å²) in [6, 6.07) is 89.0. The fraction of sp³-hybridized carbons (Fsp3) is 0.0606. The number of thioether (sulfide) groups is 2. The maximum atomic E-state index is 15.6. The molecule has 0 spiro atoms. The van der Waals surface area contributed by atoms with E-state index in [0.717, 1.165) is 44.5 Å². The second-order valence-corrected chi connectivity index (χ2v) is 19.9. The van der Waals surface area contributed by atoms with Gasteiger partial charge in [0, 0.05) is 21.2 Å². The van der Waals surface area contributed by atoms with Crippen molar-refractivity contribution in [3.63, 3.8) is 0 Å². The van der Waals surface area contributed by atoms with Gasteiger partial charge in [-0.3, -0.25) is 10.6 Å². The summed E-state index contributed by atoms with van der Waals surface area (Å²) in [4.78, 5) is 25.5. The summed E-state index contributed by atoms with van der Waals surface area (Å²) in [5, 5.41) is 5.26. The molecule has 0 aliphatic heterocycles. The van der Waals surface area contributed by atoms with Gasteiger partial charge in [0.15, 0.2) is 0 Å². The molecule has 0 saturated heterocycles. The van der Waals surface area contributed by atoms with Crippen LogP contribution in [-0.2, 0) is 45.7 Å². The summed E-state index contributed by atoms with van der Waals surface area (Å²) in [7, 11) is 0. The Balaban J connectivity index is -0.000000706. The zero-order chi connectivity index (χ0) is 52.4. The SMILES string of the molecule is O.O.O.O.O.O.O.O.O.O=C(Nc1ccc(SC(c2ccccc2)(c2ccccc2)c2ccccc2)c(F)c1)OCc1ccccc1.O=C(Nc1ccc(SC(c2ccccc2)(c2ccccc2)c2ccccc2)c(F)c1)OCc1ccccc1.[Na+].[Na+].[S-2]. The quantitative estimate of drug-likeness (QED) is 0.0820. The number of ether oxygens (including phenoxy) is 2. The van der Waals surface area contributed by atoms with E-state index in [1.165, 1.54) is 35.7 Å². The van der Waals surface area contributed by atoms with Gasteiger partial charge in [-0.25, -0.2) is 18.4 Å². The fourth-order valence-corrected chi connectivity index (χ4v) is 11.6. The molecule has 0 radical (unpaired) electrons. The molecule has 10 rings (SSSR count). The minimum absolute atomic E-state index is 0. The summed E-state index contributed by atoms with van der Waals surface area (Å²) in [6.07, 6.45) is -1.28. The van der Waals surface area contributed by atoms with Crippen LogP contribution in [-0.4, -0.2) is 61.5 Å². The third kappa shape index (κ3) is 22.4. The van der Waals surface area contributed by atoms with Crippen LogP contribution in [0.2, 0.25) is 0 Å². The molecule has 22 heteroatoms. The molecule has 0 fully saturated rings. The first-order valence-corrected chi connectivity index (χ1v) is 26.2. The Bertz CT molecular complexity index is 3050. The molecule has 456 valence electrons. The van der Waals surface area contributed by atoms with Crippen LogP contribution < -0.4 is 69.7 Å². The fourth-order valence-electron chi connectivity index (χ4n) is 8.80. The average Bonchev–Trinajstić information content (AvgIpc) is 0.926. The van der Waals surface area contributed by atoms with Crippen LogP contribution in [0.15, 0.2) is 289 Å². The third-order valence-corrected chi connectivity index (χ3v) is 15.5. The van der Waals surface area contributed by atoms with Gasteiger partial charge in [-0.15, -0.1) is 23.5 Å². The molecule has 0 unspecified atom stereocenters. The van der Waals surface area contributed by atoms with Gasteiger partial charge in [-0.2, -0.15) is 0 Å². The summed E-state index contributed by atoms with van der Waals surface area (Å²) in [5.41, 5.74) is 8.62. The van der Waals surface area contributed by atoms with E-state index in [9.17, 15) is 9.59 Å². The molecule has 0 aliphatic carbocycles. The van der Waals surface area contributed by atoms with Crippen molar-refractivity contribution in [3.8, 4) is 0 Å². The van der Waals surface area contributed by atoms with Crippen LogP contribution in [0, 0.1) is 11.6 Å². The van der Waals surface area contributed by atoms with Crippen molar-refractivity contribution in [3.05, 3.63) is 335 Å². The molecule has 0 atom stereocenters. The van der Waals surface area contributed by atoms with Crippen LogP contribution in [0.3, 0.4) is 0 Å². The topological polar surface area (TPSA) is 360 Å². The number of rotatable bonds is 16. The van der Waals surface area contributed by atoms with Gasteiger partial charge in [0.2, 0.25) is 0 Å². The Labute approximate surface area is 570 Å². The predicted molar refractivity (Wildman–Crippen MR) is 343 cm³/mol. The number of benzene rings is 10. The smallest absolute Gasteiger partial charge is 1.00 e. The third-order valence-electron chi connectivity index (χ3n) is 12.4. The van der Waals surface area contributed by atoms with E-state index in [-0.39, 0.29) is 135 Å². The molecule has 0 saturated carbocycles. The number of carbonyl (C=O) groups is 2. The van der Waals surface area contributed by atoms with E-state index >= 15 is 8.78 Å². The van der Waals surface area contributed by atoms with Gasteiger partial charge in [0.25, 0.3) is 0 Å². The first-order valence-electron chi connectivity index (χ1n) is 24.6. The van der Waals surface area contributed by atoms with E-state index in [2.05, 4.69) is 83.4 Å². The maximum absolute atomic E-state index is 15.6. The molecule has 0 bridgehead atoms. The Morgan fingerprint density at radius 1 is 0.330 bits per heavy atom. The first-order chi connectivity index (χ1) is 37.3. The second-order valence-electron chi connectivity index (χ2n) is 17.4. The van der Waals surface area contributed by atoms with Gasteiger partial charge in [0.1, 0.15) is 24.8 Å². The molecule has 0 aliphatic rings. The van der Waals surface area contributed by atoms with Crippen molar-refractivity contribution < 1.29 is 136 Å². The first kappa shape index (κ1) is 87.7. The summed E-state index contributed by atoms with van der Waals surface area (Å²) < 4.78 is 40.4. The van der Waals surface area contributed by atoms with E-state index in [4.69, 9.17) is 9.47 Å². The molecule has 0 heterocycles. The largest absolute Gasteiger partial charge is 2.00 e. The van der Waals surface area contributed by atoms with Gasteiger partial charge in [-0.05, 0) is 80.9 Å². The molecule has 10 aromatic rings. The van der Waals surface area contributed by atoms with Crippen LogP contribution >= 0.6 is 23.5 Å². The van der Waals surface area contributed by atoms with Crippen molar-refractivity contribution in [2.24, 2.45) is 0 Å². The van der Waals surface area contributed by atoms with Crippen molar-refractivity contribution in [2.75, 3.05) is 10.6 Å². The van der Waals surface area contributed by atoms with Gasteiger partial charge >= 0.3 is 71.3 Å². The molecule has 15 nitrogen and oxygen atoms in total. The van der Waals surface area contributed by atoms with E-state index in [0.29, 0.717) is 21.2 Å². The zero-order valence-electron chi connectivity index (χ0n) is 48.1. The molecule has 20 N–H and O–H groups in total. The van der Waals surface area contributed by atoms with Crippen molar-refractivity contribution in [1.82, 2.24) is 0 Å². The van der Waals surface area contributed by atoms with Crippen LogP contribution in [0.25, 0.3) is 0 Å². The van der Waals surface area contributed by atoms with Gasteiger partial charge in [0.05, 0.1) is 9.49 Å². The van der Waals surface area contributed by atoms with E-state index in [1.54, 1.807) is 24.3 Å². The number of halogens is 2. The maximum Gasteiger partial charge on any atom is 1.00 e. The molecule has 2 amide bonds. The summed E-state index contributed by atoms with van der Waals surface area (Å²) in [6.45, 7) is 0.272. The van der Waals surface area contributed by atoms with Crippen LogP contribution in [0.1, 0.15) is 44.5 Å². The number of amides is 2. The Kier molecular flexibility index (Phi) is 43.7. The standard InChI is InChI=1S/2C33H26FNO2S.2Na.9H2O.S/c2*34-30-23-29(35-32(36)37-24-25-13-5-1-6-14-25)21-22-31(30)38-33(26-15-7-2-8-16-26,27-17-9-3-10-18-27)28-19-11-4-12-20-28;;;;;;;;;;;;/h2*1-23H,24H2,(H,35,36);;;9*1H2;/q;;2*+1;;;;;;;;;;-2. The molecular formula is C66H70F2N2Na2O13S3. The molecular weight excluding hydrogens is 1210 g/mol. The monoisotopic (exact) mass is 1280 g/mol. The minimum atomic E-state index is -0.700. The van der Waals surface area contributed by atoms with Gasteiger partial charge < -0.3 is 72.3 Å². The Morgan fingerprint density at radius 3 is 0.739 bits per heavy atom. The summed E-state index contributed by atoms with van der Waals surface area (Å²) >= 11 is 2.88. The number of nitrogens with one attached hydrogen (secondary N) is 2. The van der Waals surface area contributed by atoms with Gasteiger partial charge in [-0.1, -0.05) is 243 Å². The Hall–Kier alpha value is -6.71. The van der Waals surface area contributed by atoms with Crippen LogP contribution in [0.4, 0.5) is 29.7 Å². The second kappa shape index (κ2) is 43.9. The number of hydrogen-bond donors (Lipinski definition) is 2. The van der Waals surface area contributed by atoms with Crippen molar-refractivity contribution >= 4 is 60.6 Å². The molecule has 0 aromatic heterocycles. The van der Waals surface area contributed by atoms with E-state index in [1.807, 2.05) is 170 Å². The Morgan fingerprint density at radius 2 is 0.534 bits per heavy atom. The molecule has 10 aromatic carbocycles. The predicted octanol–water partition coefficient (Wildman–Crippen LogP) is 3.90. The number of hydrogen-bond acceptors (Lipinski definition) is 6. The molecule has 88 heavy (non-hydrogen) atoms. The number of anilines is 2. The minimum Gasteiger partial charge on any atom is -2.00 e. The van der Waals surface area contributed by atoms with Crippen molar-refractivity contribution in [1.29, 1.82) is 0 Å². The van der Waals surface area contributed by atoms with E-state index < -0.39 is 33.3 Å². The van der Waals surface area contributed by atoms with Crippen LogP contribution in [0.5, 0.6) is 0 Å². The zero-order valence-corrected chi connectivity index (χ0v) is 54.5. The summed E-state index contributed by atoms with van der Waals surface area (Å²) in [5.74, 6) is -0.856.